The van der Waals surface area contributed by atoms with Crippen LogP contribution in [0.3, 0.4) is 0 Å². The van der Waals surface area contributed by atoms with E-state index in [1.165, 1.54) is 0 Å². The summed E-state index contributed by atoms with van der Waals surface area (Å²) in [6, 6.07) is 14.0. The highest BCUT2D eigenvalue weighted by Gasteiger charge is 2.12. The fraction of sp³-hybridized carbons (Fsp3) is 0.412. The summed E-state index contributed by atoms with van der Waals surface area (Å²) < 4.78 is 5.80. The number of rotatable bonds is 9. The zero-order valence-corrected chi connectivity index (χ0v) is 13.9. The van der Waals surface area contributed by atoms with E-state index in [1.54, 1.807) is 0 Å². The Bertz CT molecular complexity index is 568. The minimum absolute atomic E-state index is 0.245. The van der Waals surface area contributed by atoms with Crippen LogP contribution in [0.1, 0.15) is 0 Å². The molecule has 0 aliphatic rings. The van der Waals surface area contributed by atoms with Gasteiger partial charge in [-0.1, -0.05) is 36.4 Å². The number of benzene rings is 2. The van der Waals surface area contributed by atoms with Gasteiger partial charge in [-0.2, -0.15) is 0 Å². The third-order valence-electron chi connectivity index (χ3n) is 3.45. The molecule has 0 saturated carbocycles. The van der Waals surface area contributed by atoms with Gasteiger partial charge in [0.2, 0.25) is 0 Å². The van der Waals surface area contributed by atoms with E-state index in [2.05, 4.69) is 0 Å². The predicted molar refractivity (Wildman–Crippen MR) is 93.3 cm³/mol. The highest BCUT2D eigenvalue weighted by Crippen LogP contribution is 2.25. The topological polar surface area (TPSA) is 32.7 Å². The molecule has 0 spiro atoms. The van der Waals surface area contributed by atoms with E-state index in [-0.39, 0.29) is 6.61 Å². The average molecular weight is 342 g/mol. The molecule has 0 heterocycles. The first-order valence-corrected chi connectivity index (χ1v) is 8.44. The van der Waals surface area contributed by atoms with Crippen molar-refractivity contribution in [3.05, 3.63) is 42.5 Å². The van der Waals surface area contributed by atoms with Gasteiger partial charge in [0.25, 0.3) is 0 Å². The fourth-order valence-corrected chi connectivity index (χ4v) is 2.87. The number of aliphatic hydroxyl groups is 1. The predicted octanol–water partition coefficient (Wildman–Crippen LogP) is 3.36. The fourth-order valence-electron chi connectivity index (χ4n) is 2.39. The van der Waals surface area contributed by atoms with E-state index >= 15 is 0 Å². The Morgan fingerprint density at radius 3 is 2.41 bits per heavy atom. The first-order chi connectivity index (χ1) is 10.7. The van der Waals surface area contributed by atoms with Gasteiger partial charge < -0.3 is 9.84 Å². The molecule has 0 aliphatic carbocycles. The SMILES string of the molecule is OC(COc1cccc2ccccc12)CN(CCCl)CCCl. The van der Waals surface area contributed by atoms with Crippen LogP contribution in [0, 0.1) is 0 Å². The van der Waals surface area contributed by atoms with Crippen molar-refractivity contribution in [1.29, 1.82) is 0 Å². The molecule has 22 heavy (non-hydrogen) atoms. The largest absolute Gasteiger partial charge is 0.490 e. The molecule has 0 amide bonds. The van der Waals surface area contributed by atoms with Gasteiger partial charge in [-0.25, -0.2) is 0 Å². The Hall–Kier alpha value is -1.000. The summed E-state index contributed by atoms with van der Waals surface area (Å²) in [5, 5.41) is 12.3. The zero-order valence-electron chi connectivity index (χ0n) is 12.4. The molecular weight excluding hydrogens is 321 g/mol. The molecule has 0 radical (unpaired) electrons. The number of halogens is 2. The summed E-state index contributed by atoms with van der Waals surface area (Å²) in [5.74, 6) is 1.83. The van der Waals surface area contributed by atoms with Gasteiger partial charge in [0.05, 0.1) is 0 Å². The summed E-state index contributed by atoms with van der Waals surface area (Å²) in [7, 11) is 0. The van der Waals surface area contributed by atoms with Crippen molar-refractivity contribution < 1.29 is 9.84 Å². The lowest BCUT2D eigenvalue weighted by molar-refractivity contribution is 0.0727. The number of hydrogen-bond acceptors (Lipinski definition) is 3. The lowest BCUT2D eigenvalue weighted by Crippen LogP contribution is -2.37. The molecule has 2 aromatic carbocycles. The number of nitrogens with zero attached hydrogens (tertiary/aromatic N) is 1. The lowest BCUT2D eigenvalue weighted by atomic mass is 10.1. The second-order valence-corrected chi connectivity index (χ2v) is 5.88. The average Bonchev–Trinajstić information content (AvgIpc) is 2.53. The molecule has 2 aromatic rings. The van der Waals surface area contributed by atoms with E-state index in [1.807, 2.05) is 47.4 Å². The summed E-state index contributed by atoms with van der Waals surface area (Å²) in [5.41, 5.74) is 0. The van der Waals surface area contributed by atoms with Crippen LogP contribution in [0.5, 0.6) is 5.75 Å². The van der Waals surface area contributed by atoms with Gasteiger partial charge in [-0.15, -0.1) is 23.2 Å². The van der Waals surface area contributed by atoms with Gasteiger partial charge in [0, 0.05) is 36.8 Å². The molecule has 0 bridgehead atoms. The van der Waals surface area contributed by atoms with E-state index in [9.17, 15) is 5.11 Å². The normalized spacial score (nSPS) is 12.7. The monoisotopic (exact) mass is 341 g/mol. The summed E-state index contributed by atoms with van der Waals surface area (Å²) in [4.78, 5) is 2.04. The standard InChI is InChI=1S/C17H21Cl2NO2/c18-8-10-20(11-9-19)12-15(21)13-22-17-7-3-5-14-4-1-2-6-16(14)17/h1-7,15,21H,8-13H2. The molecule has 120 valence electrons. The van der Waals surface area contributed by atoms with Crippen molar-refractivity contribution in [3.8, 4) is 5.75 Å². The van der Waals surface area contributed by atoms with E-state index < -0.39 is 6.10 Å². The van der Waals surface area contributed by atoms with Crippen LogP contribution in [0.25, 0.3) is 10.8 Å². The van der Waals surface area contributed by atoms with Crippen molar-refractivity contribution in [1.82, 2.24) is 4.90 Å². The third kappa shape index (κ3) is 5.03. The Labute approximate surface area is 141 Å². The Morgan fingerprint density at radius 2 is 1.68 bits per heavy atom. The van der Waals surface area contributed by atoms with Crippen molar-refractivity contribution in [3.63, 3.8) is 0 Å². The minimum atomic E-state index is -0.578. The summed E-state index contributed by atoms with van der Waals surface area (Å²) in [6.45, 7) is 2.17. The molecule has 0 aromatic heterocycles. The molecule has 0 saturated heterocycles. The first kappa shape index (κ1) is 17.4. The number of alkyl halides is 2. The molecule has 3 nitrogen and oxygen atoms in total. The number of fused-ring (bicyclic) bond motifs is 1. The zero-order chi connectivity index (χ0) is 15.8. The van der Waals surface area contributed by atoms with Crippen LogP contribution in [0.4, 0.5) is 0 Å². The van der Waals surface area contributed by atoms with E-state index in [0.29, 0.717) is 31.4 Å². The highest BCUT2D eigenvalue weighted by molar-refractivity contribution is 6.18. The molecule has 1 atom stereocenters. The van der Waals surface area contributed by atoms with Gasteiger partial charge >= 0.3 is 0 Å². The smallest absolute Gasteiger partial charge is 0.127 e. The maximum Gasteiger partial charge on any atom is 0.127 e. The van der Waals surface area contributed by atoms with Crippen LogP contribution in [-0.4, -0.2) is 54.1 Å². The highest BCUT2D eigenvalue weighted by atomic mass is 35.5. The number of ether oxygens (including phenoxy) is 1. The van der Waals surface area contributed by atoms with Crippen LogP contribution < -0.4 is 4.74 Å². The maximum atomic E-state index is 10.2. The van der Waals surface area contributed by atoms with Crippen molar-refractivity contribution >= 4 is 34.0 Å². The molecule has 5 heteroatoms. The first-order valence-electron chi connectivity index (χ1n) is 7.37. The number of aliphatic hydroxyl groups excluding tert-OH is 1. The molecule has 1 N–H and O–H groups in total. The molecule has 2 rings (SSSR count). The van der Waals surface area contributed by atoms with Gasteiger partial charge in [-0.05, 0) is 11.5 Å². The molecular formula is C17H21Cl2NO2. The summed E-state index contributed by atoms with van der Waals surface area (Å²) >= 11 is 11.5. The van der Waals surface area contributed by atoms with Crippen LogP contribution >= 0.6 is 23.2 Å². The van der Waals surface area contributed by atoms with Crippen LogP contribution in [0.15, 0.2) is 42.5 Å². The van der Waals surface area contributed by atoms with Gasteiger partial charge in [-0.3, -0.25) is 4.90 Å². The Morgan fingerprint density at radius 1 is 1.00 bits per heavy atom. The van der Waals surface area contributed by atoms with Crippen LogP contribution in [0.2, 0.25) is 0 Å². The number of hydrogen-bond donors (Lipinski definition) is 1. The minimum Gasteiger partial charge on any atom is -0.490 e. The molecule has 0 fully saturated rings. The summed E-state index contributed by atoms with van der Waals surface area (Å²) in [6.07, 6.45) is -0.578. The maximum absolute atomic E-state index is 10.2. The quantitative estimate of drug-likeness (QED) is 0.710. The van der Waals surface area contributed by atoms with Crippen molar-refractivity contribution in [2.75, 3.05) is 38.0 Å². The van der Waals surface area contributed by atoms with Crippen molar-refractivity contribution in [2.45, 2.75) is 6.10 Å². The second-order valence-electron chi connectivity index (χ2n) is 5.12. The Balaban J connectivity index is 1.93. The lowest BCUT2D eigenvalue weighted by Gasteiger charge is -2.23. The van der Waals surface area contributed by atoms with E-state index in [4.69, 9.17) is 27.9 Å². The van der Waals surface area contributed by atoms with Crippen LogP contribution in [-0.2, 0) is 0 Å². The second kappa shape index (κ2) is 9.21. The molecule has 0 aliphatic heterocycles. The van der Waals surface area contributed by atoms with Gasteiger partial charge in [0.15, 0.2) is 0 Å². The van der Waals surface area contributed by atoms with Crippen molar-refractivity contribution in [2.24, 2.45) is 0 Å². The molecule has 1 unspecified atom stereocenters. The van der Waals surface area contributed by atoms with E-state index in [0.717, 1.165) is 16.5 Å². The Kier molecular flexibility index (Phi) is 7.26. The van der Waals surface area contributed by atoms with Gasteiger partial charge in [0.1, 0.15) is 18.5 Å². The third-order valence-corrected chi connectivity index (χ3v) is 3.79.